The van der Waals surface area contributed by atoms with Crippen LogP contribution < -0.4 is 10.0 Å². The minimum absolute atomic E-state index is 0.282. The SMILES string of the molecule is CNCCCNS(=O)(=O)c1cnc(C)s1. The maximum Gasteiger partial charge on any atom is 0.251 e. The minimum atomic E-state index is -3.34. The lowest BCUT2D eigenvalue weighted by Gasteiger charge is -2.03. The molecule has 0 saturated carbocycles. The first-order valence-electron chi connectivity index (χ1n) is 4.63. The topological polar surface area (TPSA) is 71.1 Å². The highest BCUT2D eigenvalue weighted by atomic mass is 32.2. The summed E-state index contributed by atoms with van der Waals surface area (Å²) in [4.78, 5) is 3.91. The number of aromatic nitrogens is 1. The summed E-state index contributed by atoms with van der Waals surface area (Å²) in [6.07, 6.45) is 2.16. The lowest BCUT2D eigenvalue weighted by molar-refractivity contribution is 0.579. The summed E-state index contributed by atoms with van der Waals surface area (Å²) >= 11 is 1.18. The van der Waals surface area contributed by atoms with Crippen LogP contribution in [-0.4, -0.2) is 33.5 Å². The molecular weight excluding hydrogens is 234 g/mol. The van der Waals surface area contributed by atoms with Gasteiger partial charge in [-0.2, -0.15) is 0 Å². The fourth-order valence-electron chi connectivity index (χ4n) is 1.01. The zero-order valence-corrected chi connectivity index (χ0v) is 10.4. The average Bonchev–Trinajstić information content (AvgIpc) is 2.60. The molecule has 0 aliphatic rings. The van der Waals surface area contributed by atoms with Gasteiger partial charge in [0.2, 0.25) is 0 Å². The van der Waals surface area contributed by atoms with E-state index in [2.05, 4.69) is 15.0 Å². The summed E-state index contributed by atoms with van der Waals surface area (Å²) in [6.45, 7) is 3.02. The largest absolute Gasteiger partial charge is 0.320 e. The van der Waals surface area contributed by atoms with Crippen molar-refractivity contribution < 1.29 is 8.42 Å². The molecule has 0 unspecified atom stereocenters. The summed E-state index contributed by atoms with van der Waals surface area (Å²) in [5.74, 6) is 0. The van der Waals surface area contributed by atoms with Crippen LogP contribution in [0.4, 0.5) is 0 Å². The molecule has 0 bridgehead atoms. The smallest absolute Gasteiger partial charge is 0.251 e. The fraction of sp³-hybridized carbons (Fsp3) is 0.625. The van der Waals surface area contributed by atoms with Crippen molar-refractivity contribution in [3.8, 4) is 0 Å². The first kappa shape index (κ1) is 12.6. The molecule has 1 aromatic heterocycles. The molecule has 0 fully saturated rings. The van der Waals surface area contributed by atoms with E-state index in [9.17, 15) is 8.42 Å². The predicted molar refractivity (Wildman–Crippen MR) is 60.6 cm³/mol. The van der Waals surface area contributed by atoms with Crippen LogP contribution in [0.25, 0.3) is 0 Å². The van der Waals surface area contributed by atoms with Crippen LogP contribution in [0.3, 0.4) is 0 Å². The van der Waals surface area contributed by atoms with Crippen molar-refractivity contribution in [3.05, 3.63) is 11.2 Å². The molecule has 15 heavy (non-hydrogen) atoms. The zero-order chi connectivity index (χ0) is 11.3. The maximum absolute atomic E-state index is 11.6. The molecule has 0 saturated heterocycles. The summed E-state index contributed by atoms with van der Waals surface area (Å²) < 4.78 is 26.1. The predicted octanol–water partition coefficient (Wildman–Crippen LogP) is 0.339. The second-order valence-electron chi connectivity index (χ2n) is 3.05. The second-order valence-corrected chi connectivity index (χ2v) is 6.28. The fourth-order valence-corrected chi connectivity index (χ4v) is 3.24. The molecule has 0 spiro atoms. The Bertz CT molecular complexity index is 400. The summed E-state index contributed by atoms with van der Waals surface area (Å²) in [5, 5.41) is 3.71. The molecule has 0 aliphatic carbocycles. The van der Waals surface area contributed by atoms with Gasteiger partial charge >= 0.3 is 0 Å². The van der Waals surface area contributed by atoms with Crippen LogP contribution in [0.15, 0.2) is 10.4 Å². The molecule has 7 heteroatoms. The first-order valence-corrected chi connectivity index (χ1v) is 6.93. The van der Waals surface area contributed by atoms with Crippen LogP contribution in [0, 0.1) is 6.92 Å². The van der Waals surface area contributed by atoms with E-state index in [1.54, 1.807) is 6.92 Å². The highest BCUT2D eigenvalue weighted by Gasteiger charge is 2.15. The number of aryl methyl sites for hydroxylation is 1. The molecule has 0 amide bonds. The van der Waals surface area contributed by atoms with E-state index < -0.39 is 10.0 Å². The molecule has 0 aromatic carbocycles. The van der Waals surface area contributed by atoms with Gasteiger partial charge in [0.1, 0.15) is 0 Å². The summed E-state index contributed by atoms with van der Waals surface area (Å²) in [7, 11) is -1.51. The maximum atomic E-state index is 11.6. The Morgan fingerprint density at radius 2 is 2.20 bits per heavy atom. The quantitative estimate of drug-likeness (QED) is 0.713. The highest BCUT2D eigenvalue weighted by Crippen LogP contribution is 2.17. The third kappa shape index (κ3) is 3.86. The Morgan fingerprint density at radius 1 is 1.47 bits per heavy atom. The van der Waals surface area contributed by atoms with Crippen molar-refractivity contribution in [2.45, 2.75) is 17.6 Å². The third-order valence-electron chi connectivity index (χ3n) is 1.76. The molecule has 1 rings (SSSR count). The van der Waals surface area contributed by atoms with Gasteiger partial charge < -0.3 is 5.32 Å². The minimum Gasteiger partial charge on any atom is -0.320 e. The standard InChI is InChI=1S/C8H15N3O2S2/c1-7-10-6-8(14-7)15(12,13)11-5-3-4-9-2/h6,9,11H,3-5H2,1-2H3. The summed E-state index contributed by atoms with van der Waals surface area (Å²) in [6, 6.07) is 0. The van der Waals surface area contributed by atoms with Crippen molar-refractivity contribution in [1.29, 1.82) is 0 Å². The van der Waals surface area contributed by atoms with Crippen molar-refractivity contribution in [2.24, 2.45) is 0 Å². The van der Waals surface area contributed by atoms with Gasteiger partial charge in [-0.25, -0.2) is 18.1 Å². The molecule has 1 aromatic rings. The monoisotopic (exact) mass is 249 g/mol. The number of thiazole rings is 1. The van der Waals surface area contributed by atoms with Crippen LogP contribution in [0.5, 0.6) is 0 Å². The molecule has 5 nitrogen and oxygen atoms in total. The molecule has 0 atom stereocenters. The lowest BCUT2D eigenvalue weighted by atomic mass is 10.4. The van der Waals surface area contributed by atoms with Gasteiger partial charge in [0, 0.05) is 6.54 Å². The second kappa shape index (κ2) is 5.55. The van der Waals surface area contributed by atoms with Gasteiger partial charge in [0.05, 0.1) is 11.2 Å². The average molecular weight is 249 g/mol. The van der Waals surface area contributed by atoms with Gasteiger partial charge in [0.25, 0.3) is 10.0 Å². The van der Waals surface area contributed by atoms with Gasteiger partial charge in [0.15, 0.2) is 4.21 Å². The number of nitrogens with zero attached hydrogens (tertiary/aromatic N) is 1. The number of sulfonamides is 1. The van der Waals surface area contributed by atoms with Crippen LogP contribution in [0.1, 0.15) is 11.4 Å². The van der Waals surface area contributed by atoms with Crippen molar-refractivity contribution >= 4 is 21.4 Å². The van der Waals surface area contributed by atoms with E-state index in [-0.39, 0.29) is 4.21 Å². The first-order chi connectivity index (χ1) is 7.06. The van der Waals surface area contributed by atoms with Crippen molar-refractivity contribution in [2.75, 3.05) is 20.1 Å². The van der Waals surface area contributed by atoms with E-state index in [0.717, 1.165) is 18.0 Å². The normalized spacial score (nSPS) is 11.9. The highest BCUT2D eigenvalue weighted by molar-refractivity contribution is 7.91. The van der Waals surface area contributed by atoms with Crippen LogP contribution >= 0.6 is 11.3 Å². The Labute approximate surface area is 94.0 Å². The molecular formula is C8H15N3O2S2. The Kier molecular flexibility index (Phi) is 4.65. The van der Waals surface area contributed by atoms with E-state index in [1.165, 1.54) is 17.5 Å². The number of hydrogen-bond donors (Lipinski definition) is 2. The Morgan fingerprint density at radius 3 is 2.73 bits per heavy atom. The molecule has 0 radical (unpaired) electrons. The third-order valence-corrected chi connectivity index (χ3v) is 4.60. The van der Waals surface area contributed by atoms with E-state index in [0.29, 0.717) is 6.54 Å². The molecule has 2 N–H and O–H groups in total. The molecule has 1 heterocycles. The zero-order valence-electron chi connectivity index (χ0n) is 8.78. The van der Waals surface area contributed by atoms with Gasteiger partial charge in [-0.15, -0.1) is 11.3 Å². The van der Waals surface area contributed by atoms with E-state index in [4.69, 9.17) is 0 Å². The van der Waals surface area contributed by atoms with Gasteiger partial charge in [-0.3, -0.25) is 0 Å². The molecule has 0 aliphatic heterocycles. The molecule has 86 valence electrons. The van der Waals surface area contributed by atoms with Crippen molar-refractivity contribution in [1.82, 2.24) is 15.0 Å². The number of rotatable bonds is 6. The lowest BCUT2D eigenvalue weighted by Crippen LogP contribution is -2.26. The Hall–Kier alpha value is -0.500. The van der Waals surface area contributed by atoms with Gasteiger partial charge in [-0.1, -0.05) is 0 Å². The van der Waals surface area contributed by atoms with Gasteiger partial charge in [-0.05, 0) is 26.9 Å². The van der Waals surface area contributed by atoms with Crippen molar-refractivity contribution in [3.63, 3.8) is 0 Å². The van der Waals surface area contributed by atoms with E-state index in [1.807, 2.05) is 7.05 Å². The number of nitrogens with one attached hydrogen (secondary N) is 2. The Balaban J connectivity index is 2.53. The van der Waals surface area contributed by atoms with E-state index >= 15 is 0 Å². The van der Waals surface area contributed by atoms with Crippen LogP contribution in [0.2, 0.25) is 0 Å². The summed E-state index contributed by atoms with van der Waals surface area (Å²) in [5.41, 5.74) is 0. The number of hydrogen-bond acceptors (Lipinski definition) is 5. The van der Waals surface area contributed by atoms with Crippen LogP contribution in [-0.2, 0) is 10.0 Å².